The number of aromatic hydroxyl groups is 1. The zero-order chi connectivity index (χ0) is 33.3. The van der Waals surface area contributed by atoms with Gasteiger partial charge in [0, 0.05) is 5.92 Å². The monoisotopic (exact) mass is 732 g/mol. The standard InChI is InChI=1S/C31H28BBrCl2N2O9/c1-45-22-10-15(11-23(46-2)25(22)38)6-9-21-18-7-8-19-24(20(18)13-30(34)28(41)36(14-33)29(42)31(21,30)35)27(40)37(26(19)39)17-5-3-4-16(12-17)32(43)44/h3-7,9-12,19-21,24,38,43-44H,8,13-14H2,1-2H3/t19-,20+,21-,24-,30+,31-/m0/s1. The summed E-state index contributed by atoms with van der Waals surface area (Å²) in [7, 11) is 0.963. The van der Waals surface area contributed by atoms with Crippen LogP contribution in [0.4, 0.5) is 5.69 Å². The minimum absolute atomic E-state index is 0.105. The lowest BCUT2D eigenvalue weighted by atomic mass is 9.57. The minimum Gasteiger partial charge on any atom is -0.502 e. The highest BCUT2D eigenvalue weighted by atomic mass is 79.9. The summed E-state index contributed by atoms with van der Waals surface area (Å²) in [6, 6.07) is 8.96. The molecule has 2 heterocycles. The number of carbonyl (C=O) groups excluding carboxylic acids is 4. The van der Waals surface area contributed by atoms with Crippen LogP contribution in [-0.2, 0) is 19.2 Å². The van der Waals surface area contributed by atoms with E-state index in [0.717, 1.165) is 9.80 Å². The van der Waals surface area contributed by atoms with Crippen molar-refractivity contribution in [3.63, 3.8) is 0 Å². The van der Waals surface area contributed by atoms with Crippen LogP contribution in [0.25, 0.3) is 6.08 Å². The van der Waals surface area contributed by atoms with Gasteiger partial charge in [-0.15, -0.1) is 23.2 Å². The third-order valence-electron chi connectivity index (χ3n) is 9.48. The van der Waals surface area contributed by atoms with Crippen LogP contribution >= 0.6 is 39.1 Å². The van der Waals surface area contributed by atoms with Gasteiger partial charge in [0.25, 0.3) is 11.8 Å². The molecule has 6 rings (SSSR count). The topological polar surface area (TPSA) is 154 Å². The molecular formula is C31H28BBrCl2N2O9. The number of phenols is 1. The third kappa shape index (κ3) is 4.54. The second kappa shape index (κ2) is 11.7. The molecule has 3 fully saturated rings. The summed E-state index contributed by atoms with van der Waals surface area (Å²) in [6.07, 6.45) is 5.07. The molecule has 3 N–H and O–H groups in total. The number of hydrogen-bond acceptors (Lipinski definition) is 9. The zero-order valence-electron chi connectivity index (χ0n) is 24.5. The van der Waals surface area contributed by atoms with Crippen molar-refractivity contribution in [3.05, 3.63) is 59.7 Å². The number of ether oxygens (including phenoxy) is 2. The average molecular weight is 734 g/mol. The van der Waals surface area contributed by atoms with Crippen molar-refractivity contribution in [2.24, 2.45) is 23.7 Å². The molecule has 6 atom stereocenters. The van der Waals surface area contributed by atoms with Crippen LogP contribution in [0.1, 0.15) is 18.4 Å². The molecule has 2 aromatic carbocycles. The molecule has 240 valence electrons. The fraction of sp³-hybridized carbons (Fsp3) is 0.355. The number of anilines is 1. The lowest BCUT2D eigenvalue weighted by molar-refractivity contribution is -0.138. The van der Waals surface area contributed by atoms with Crippen LogP contribution in [0.2, 0.25) is 0 Å². The first-order chi connectivity index (χ1) is 21.8. The summed E-state index contributed by atoms with van der Waals surface area (Å²) < 4.78 is 10.5. The van der Waals surface area contributed by atoms with E-state index in [4.69, 9.17) is 32.7 Å². The molecule has 15 heteroatoms. The Morgan fingerprint density at radius 2 is 1.70 bits per heavy atom. The fourth-order valence-corrected chi connectivity index (χ4v) is 8.68. The molecule has 2 aromatic rings. The van der Waals surface area contributed by atoms with Crippen molar-refractivity contribution in [2.75, 3.05) is 24.6 Å². The average Bonchev–Trinajstić information content (AvgIpc) is 3.38. The van der Waals surface area contributed by atoms with Gasteiger partial charge in [-0.1, -0.05) is 51.9 Å². The van der Waals surface area contributed by atoms with E-state index in [0.29, 0.717) is 11.1 Å². The Morgan fingerprint density at radius 1 is 1.02 bits per heavy atom. The number of amides is 4. The van der Waals surface area contributed by atoms with E-state index in [-0.39, 0.29) is 46.7 Å². The molecule has 2 aliphatic heterocycles. The largest absolute Gasteiger partial charge is 0.502 e. The highest BCUT2D eigenvalue weighted by molar-refractivity contribution is 9.09. The summed E-state index contributed by atoms with van der Waals surface area (Å²) in [5.74, 6) is -5.74. The van der Waals surface area contributed by atoms with Gasteiger partial charge in [0.15, 0.2) is 21.2 Å². The third-order valence-corrected chi connectivity index (χ3v) is 11.4. The number of likely N-dealkylation sites (tertiary alicyclic amines) is 1. The molecule has 0 spiro atoms. The molecule has 4 amide bonds. The van der Waals surface area contributed by atoms with Gasteiger partial charge >= 0.3 is 7.12 Å². The van der Waals surface area contributed by atoms with Gasteiger partial charge in [-0.3, -0.25) is 29.0 Å². The van der Waals surface area contributed by atoms with E-state index in [1.165, 1.54) is 38.5 Å². The summed E-state index contributed by atoms with van der Waals surface area (Å²) in [4.78, 5) is 53.6. The minimum atomic E-state index is -1.97. The molecule has 2 saturated heterocycles. The van der Waals surface area contributed by atoms with Crippen molar-refractivity contribution in [1.29, 1.82) is 0 Å². The predicted octanol–water partition coefficient (Wildman–Crippen LogP) is 2.55. The number of nitrogens with zero attached hydrogens (tertiary/aromatic N) is 2. The SMILES string of the molecule is COc1cc(C=C[C@H]2C3=CC[C@@H]4C(=O)N(c5cccc(B(O)O)c5)C(=O)[C@@H]4[C@@H]3C[C@@]3(Cl)C(=O)N(CBr)C(=O)[C@@]23Cl)cc(OC)c1O. The number of phenolic OH excluding ortho intramolecular Hbond substituents is 1. The van der Waals surface area contributed by atoms with Crippen LogP contribution in [0.3, 0.4) is 0 Å². The van der Waals surface area contributed by atoms with Crippen LogP contribution in [0.5, 0.6) is 17.2 Å². The first-order valence-corrected chi connectivity index (χ1v) is 16.2. The highest BCUT2D eigenvalue weighted by Crippen LogP contribution is 2.63. The number of methoxy groups -OCH3 is 2. The molecule has 0 aromatic heterocycles. The number of alkyl halides is 3. The number of hydrogen-bond donors (Lipinski definition) is 3. The Balaban J connectivity index is 1.46. The lowest BCUT2D eigenvalue weighted by Crippen LogP contribution is -2.60. The first-order valence-electron chi connectivity index (χ1n) is 14.3. The molecule has 1 saturated carbocycles. The van der Waals surface area contributed by atoms with E-state index in [9.17, 15) is 34.3 Å². The summed E-state index contributed by atoms with van der Waals surface area (Å²) >= 11 is 17.6. The van der Waals surface area contributed by atoms with Gasteiger partial charge in [-0.05, 0) is 54.1 Å². The van der Waals surface area contributed by atoms with Gasteiger partial charge in [-0.25, -0.2) is 0 Å². The van der Waals surface area contributed by atoms with Crippen molar-refractivity contribution in [3.8, 4) is 17.2 Å². The Morgan fingerprint density at radius 3 is 2.30 bits per heavy atom. The maximum Gasteiger partial charge on any atom is 0.488 e. The highest BCUT2D eigenvalue weighted by Gasteiger charge is 2.75. The zero-order valence-corrected chi connectivity index (χ0v) is 27.6. The molecule has 0 radical (unpaired) electrons. The Kier molecular flexibility index (Phi) is 8.29. The van der Waals surface area contributed by atoms with Gasteiger partial charge in [0.2, 0.25) is 17.6 Å². The van der Waals surface area contributed by atoms with Crippen LogP contribution in [0, 0.1) is 23.7 Å². The normalized spacial score (nSPS) is 30.4. The number of benzene rings is 2. The summed E-state index contributed by atoms with van der Waals surface area (Å²) in [5.41, 5.74) is 1.26. The number of allylic oxidation sites excluding steroid dienone is 3. The van der Waals surface area contributed by atoms with E-state index >= 15 is 0 Å². The smallest absolute Gasteiger partial charge is 0.488 e. The Bertz CT molecular complexity index is 1710. The van der Waals surface area contributed by atoms with Crippen LogP contribution < -0.4 is 19.8 Å². The van der Waals surface area contributed by atoms with E-state index in [1.807, 2.05) is 0 Å². The van der Waals surface area contributed by atoms with Crippen molar-refractivity contribution >= 4 is 87.1 Å². The predicted molar refractivity (Wildman–Crippen MR) is 173 cm³/mol. The molecule has 0 unspecified atom stereocenters. The van der Waals surface area contributed by atoms with Crippen LogP contribution in [-0.4, -0.2) is 80.2 Å². The Labute approximate surface area is 282 Å². The Hall–Kier alpha value is -3.36. The van der Waals surface area contributed by atoms with Crippen LogP contribution in [0.15, 0.2) is 54.1 Å². The van der Waals surface area contributed by atoms with E-state index in [2.05, 4.69) is 15.9 Å². The number of carbonyl (C=O) groups is 4. The molecular weight excluding hydrogens is 706 g/mol. The van der Waals surface area contributed by atoms with Crippen molar-refractivity contribution < 1.29 is 43.8 Å². The van der Waals surface area contributed by atoms with Gasteiger partial charge < -0.3 is 24.6 Å². The number of fused-ring (bicyclic) bond motifs is 4. The molecule has 2 aliphatic carbocycles. The maximum atomic E-state index is 14.1. The molecule has 11 nitrogen and oxygen atoms in total. The fourth-order valence-electron chi connectivity index (χ4n) is 7.30. The van der Waals surface area contributed by atoms with Gasteiger partial charge in [0.05, 0.1) is 37.2 Å². The summed E-state index contributed by atoms with van der Waals surface area (Å²) in [6.45, 7) is 0. The number of imide groups is 2. The molecule has 46 heavy (non-hydrogen) atoms. The molecule has 0 bridgehead atoms. The van der Waals surface area contributed by atoms with Gasteiger partial charge in [-0.2, -0.15) is 0 Å². The lowest BCUT2D eigenvalue weighted by Gasteiger charge is -2.49. The first kappa shape index (κ1) is 32.6. The second-order valence-corrected chi connectivity index (χ2v) is 13.4. The van der Waals surface area contributed by atoms with Crippen molar-refractivity contribution in [2.45, 2.75) is 22.6 Å². The van der Waals surface area contributed by atoms with E-state index in [1.54, 1.807) is 30.4 Å². The molecule has 4 aliphatic rings. The maximum absolute atomic E-state index is 14.1. The second-order valence-electron chi connectivity index (χ2n) is 11.6. The number of halogens is 3. The quantitative estimate of drug-likeness (QED) is 0.128. The summed E-state index contributed by atoms with van der Waals surface area (Å²) in [5, 5.41) is 29.7. The van der Waals surface area contributed by atoms with E-state index < -0.39 is 64.2 Å². The van der Waals surface area contributed by atoms with Crippen molar-refractivity contribution in [1.82, 2.24) is 4.90 Å². The van der Waals surface area contributed by atoms with Gasteiger partial charge in [0.1, 0.15) is 0 Å². The number of rotatable bonds is 7.